The van der Waals surface area contributed by atoms with Gasteiger partial charge in [0.25, 0.3) is 0 Å². The molecule has 0 aliphatic carbocycles. The van der Waals surface area contributed by atoms with Crippen LogP contribution in [0.25, 0.3) is 10.9 Å². The molecule has 0 aliphatic heterocycles. The topological polar surface area (TPSA) is 56.8 Å². The predicted molar refractivity (Wildman–Crippen MR) is 101 cm³/mol. The summed E-state index contributed by atoms with van der Waals surface area (Å²) >= 11 is 0. The van der Waals surface area contributed by atoms with E-state index in [1.165, 1.54) is 5.39 Å². The molecule has 1 aromatic carbocycles. The molecule has 3 aromatic rings. The second kappa shape index (κ2) is 7.34. The predicted octanol–water partition coefficient (Wildman–Crippen LogP) is 4.50. The molecule has 0 saturated heterocycles. The molecule has 24 heavy (non-hydrogen) atoms. The van der Waals surface area contributed by atoms with E-state index in [4.69, 9.17) is 4.98 Å². The molecule has 126 valence electrons. The number of H-pyrrole nitrogens is 1. The van der Waals surface area contributed by atoms with Crippen molar-refractivity contribution in [3.8, 4) is 0 Å². The number of aryl methyl sites for hydroxylation is 1. The highest BCUT2D eigenvalue weighted by Gasteiger charge is 2.09. The molecule has 0 fully saturated rings. The molecule has 0 amide bonds. The first kappa shape index (κ1) is 16.3. The lowest BCUT2D eigenvalue weighted by atomic mass is 10.2. The first-order valence-corrected chi connectivity index (χ1v) is 8.70. The summed E-state index contributed by atoms with van der Waals surface area (Å²) in [7, 11) is 0. The molecule has 0 atom stereocenters. The van der Waals surface area contributed by atoms with Crippen LogP contribution in [0.5, 0.6) is 0 Å². The molecule has 0 unspecified atom stereocenters. The minimum atomic E-state index is 0.661. The van der Waals surface area contributed by atoms with Gasteiger partial charge in [-0.05, 0) is 43.9 Å². The van der Waals surface area contributed by atoms with Gasteiger partial charge in [-0.3, -0.25) is 0 Å². The van der Waals surface area contributed by atoms with Crippen LogP contribution in [0.2, 0.25) is 0 Å². The zero-order chi connectivity index (χ0) is 16.9. The maximum atomic E-state index is 4.71. The third-order valence-electron chi connectivity index (χ3n) is 4.17. The number of hydrogen-bond donors (Lipinski definition) is 2. The molecule has 5 heteroatoms. The van der Waals surface area contributed by atoms with E-state index in [2.05, 4.69) is 71.3 Å². The maximum absolute atomic E-state index is 4.71. The summed E-state index contributed by atoms with van der Waals surface area (Å²) in [6.45, 7) is 8.35. The Hall–Kier alpha value is -2.56. The fraction of sp³-hybridized carbons (Fsp3) is 0.368. The van der Waals surface area contributed by atoms with Crippen LogP contribution in [-0.4, -0.2) is 28.0 Å². The Balaban J connectivity index is 1.92. The number of nitrogens with zero attached hydrogens (tertiary/aromatic N) is 3. The van der Waals surface area contributed by atoms with E-state index in [0.717, 1.165) is 48.6 Å². The lowest BCUT2D eigenvalue weighted by Gasteiger charge is -2.21. The van der Waals surface area contributed by atoms with Gasteiger partial charge in [0.2, 0.25) is 5.95 Å². The van der Waals surface area contributed by atoms with Gasteiger partial charge in [-0.15, -0.1) is 0 Å². The van der Waals surface area contributed by atoms with Gasteiger partial charge in [0.1, 0.15) is 5.82 Å². The van der Waals surface area contributed by atoms with E-state index in [1.807, 2.05) is 6.20 Å². The molecule has 0 radical (unpaired) electrons. The van der Waals surface area contributed by atoms with Crippen LogP contribution in [0.4, 0.5) is 17.5 Å². The minimum absolute atomic E-state index is 0.661. The first-order chi connectivity index (χ1) is 11.7. The highest BCUT2D eigenvalue weighted by Crippen LogP contribution is 2.22. The van der Waals surface area contributed by atoms with E-state index in [0.29, 0.717) is 5.95 Å². The SMILES string of the molecule is CCCc1cc(N(CC)CC)nc(Nc2ccc3cc[nH]c3c2)n1. The number of anilines is 3. The molecule has 3 rings (SSSR count). The van der Waals surface area contributed by atoms with Gasteiger partial charge >= 0.3 is 0 Å². The third kappa shape index (κ3) is 3.50. The highest BCUT2D eigenvalue weighted by molar-refractivity contribution is 5.83. The summed E-state index contributed by atoms with van der Waals surface area (Å²) in [6, 6.07) is 10.4. The Morgan fingerprint density at radius 2 is 1.88 bits per heavy atom. The van der Waals surface area contributed by atoms with E-state index in [1.54, 1.807) is 0 Å². The summed E-state index contributed by atoms with van der Waals surface area (Å²) in [5.41, 5.74) is 3.18. The van der Waals surface area contributed by atoms with E-state index >= 15 is 0 Å². The number of aromatic amines is 1. The minimum Gasteiger partial charge on any atom is -0.361 e. The van der Waals surface area contributed by atoms with Crippen molar-refractivity contribution in [3.05, 3.63) is 42.2 Å². The molecular formula is C19H25N5. The van der Waals surface area contributed by atoms with Crippen LogP contribution in [0.3, 0.4) is 0 Å². The Bertz CT molecular complexity index is 804. The molecule has 0 bridgehead atoms. The van der Waals surface area contributed by atoms with Crippen molar-refractivity contribution in [1.29, 1.82) is 0 Å². The van der Waals surface area contributed by atoms with Crippen LogP contribution >= 0.6 is 0 Å². The summed E-state index contributed by atoms with van der Waals surface area (Å²) in [5, 5.41) is 4.56. The van der Waals surface area contributed by atoms with Gasteiger partial charge in [-0.25, -0.2) is 4.98 Å². The van der Waals surface area contributed by atoms with Crippen LogP contribution in [0.1, 0.15) is 32.9 Å². The van der Waals surface area contributed by atoms with Crippen LogP contribution < -0.4 is 10.2 Å². The fourth-order valence-electron chi connectivity index (χ4n) is 2.89. The van der Waals surface area contributed by atoms with Crippen molar-refractivity contribution in [2.75, 3.05) is 23.3 Å². The van der Waals surface area contributed by atoms with E-state index in [9.17, 15) is 0 Å². The average molecular weight is 323 g/mol. The molecular weight excluding hydrogens is 298 g/mol. The highest BCUT2D eigenvalue weighted by atomic mass is 15.2. The van der Waals surface area contributed by atoms with Gasteiger partial charge in [0, 0.05) is 42.3 Å². The van der Waals surface area contributed by atoms with Gasteiger partial charge < -0.3 is 15.2 Å². The van der Waals surface area contributed by atoms with Crippen molar-refractivity contribution in [2.45, 2.75) is 33.6 Å². The summed E-state index contributed by atoms with van der Waals surface area (Å²) in [5.74, 6) is 1.65. The normalized spacial score (nSPS) is 11.0. The fourth-order valence-corrected chi connectivity index (χ4v) is 2.89. The second-order valence-corrected chi connectivity index (χ2v) is 5.87. The van der Waals surface area contributed by atoms with Crippen LogP contribution in [-0.2, 0) is 6.42 Å². The van der Waals surface area contributed by atoms with Crippen molar-refractivity contribution < 1.29 is 0 Å². The molecule has 5 nitrogen and oxygen atoms in total. The standard InChI is InChI=1S/C19H25N5/c1-4-7-15-13-18(24(5-2)6-3)23-19(21-15)22-16-9-8-14-10-11-20-17(14)12-16/h8-13,20H,4-7H2,1-3H3,(H,21,22,23). The Morgan fingerprint density at radius 3 is 2.62 bits per heavy atom. The molecule has 2 aromatic heterocycles. The Labute approximate surface area is 143 Å². The van der Waals surface area contributed by atoms with Gasteiger partial charge in [-0.2, -0.15) is 4.98 Å². The summed E-state index contributed by atoms with van der Waals surface area (Å²) < 4.78 is 0. The first-order valence-electron chi connectivity index (χ1n) is 8.70. The smallest absolute Gasteiger partial charge is 0.229 e. The molecule has 2 heterocycles. The van der Waals surface area contributed by atoms with E-state index < -0.39 is 0 Å². The number of nitrogens with one attached hydrogen (secondary N) is 2. The molecule has 0 saturated carbocycles. The monoisotopic (exact) mass is 323 g/mol. The van der Waals surface area contributed by atoms with Gasteiger partial charge in [-0.1, -0.05) is 19.4 Å². The number of benzene rings is 1. The third-order valence-corrected chi connectivity index (χ3v) is 4.17. The zero-order valence-corrected chi connectivity index (χ0v) is 14.6. The average Bonchev–Trinajstić information content (AvgIpc) is 3.04. The molecule has 2 N–H and O–H groups in total. The lowest BCUT2D eigenvalue weighted by molar-refractivity contribution is 0.824. The van der Waals surface area contributed by atoms with Crippen molar-refractivity contribution >= 4 is 28.4 Å². The molecule has 0 aliphatic rings. The van der Waals surface area contributed by atoms with E-state index in [-0.39, 0.29) is 0 Å². The largest absolute Gasteiger partial charge is 0.361 e. The second-order valence-electron chi connectivity index (χ2n) is 5.87. The molecule has 0 spiro atoms. The van der Waals surface area contributed by atoms with Gasteiger partial charge in [0.15, 0.2) is 0 Å². The lowest BCUT2D eigenvalue weighted by Crippen LogP contribution is -2.23. The number of hydrogen-bond acceptors (Lipinski definition) is 4. The number of rotatable bonds is 7. The Kier molecular flexibility index (Phi) is 4.99. The van der Waals surface area contributed by atoms with Crippen molar-refractivity contribution in [2.24, 2.45) is 0 Å². The maximum Gasteiger partial charge on any atom is 0.229 e. The van der Waals surface area contributed by atoms with Crippen molar-refractivity contribution in [3.63, 3.8) is 0 Å². The summed E-state index contributed by atoms with van der Waals surface area (Å²) in [6.07, 6.45) is 3.98. The quantitative estimate of drug-likeness (QED) is 0.672. The van der Waals surface area contributed by atoms with Crippen molar-refractivity contribution in [1.82, 2.24) is 15.0 Å². The van der Waals surface area contributed by atoms with Crippen LogP contribution in [0, 0.1) is 0 Å². The van der Waals surface area contributed by atoms with Gasteiger partial charge in [0.05, 0.1) is 0 Å². The van der Waals surface area contributed by atoms with Crippen LogP contribution in [0.15, 0.2) is 36.5 Å². The Morgan fingerprint density at radius 1 is 1.04 bits per heavy atom. The summed E-state index contributed by atoms with van der Waals surface area (Å²) in [4.78, 5) is 14.9. The zero-order valence-electron chi connectivity index (χ0n) is 14.6. The number of aromatic nitrogens is 3. The number of fused-ring (bicyclic) bond motifs is 1.